The highest BCUT2D eigenvalue weighted by atomic mass is 79.9. The molecule has 4 aliphatic rings. The maximum atomic E-state index is 9.59. The van der Waals surface area contributed by atoms with E-state index >= 15 is 0 Å². The number of aliphatic hydroxyl groups is 1. The first-order valence-corrected chi connectivity index (χ1v) is 10.2. The Bertz CT molecular complexity index is 514. The van der Waals surface area contributed by atoms with Crippen molar-refractivity contribution in [3.05, 3.63) is 11.6 Å². The van der Waals surface area contributed by atoms with E-state index in [0.717, 1.165) is 17.8 Å². The van der Waals surface area contributed by atoms with Crippen molar-refractivity contribution < 1.29 is 5.11 Å². The van der Waals surface area contributed by atoms with Crippen LogP contribution in [0.1, 0.15) is 65.7 Å². The summed E-state index contributed by atoms with van der Waals surface area (Å²) >= 11 is 3.74. The Labute approximate surface area is 144 Å². The lowest BCUT2D eigenvalue weighted by atomic mass is 9.48. The van der Waals surface area contributed by atoms with Crippen LogP contribution in [-0.4, -0.2) is 16.5 Å². The van der Waals surface area contributed by atoms with Crippen molar-refractivity contribution in [1.82, 2.24) is 0 Å². The first-order valence-electron chi connectivity index (χ1n) is 9.27. The monoisotopic (exact) mass is 366 g/mol. The quantitative estimate of drug-likeness (QED) is 0.517. The van der Waals surface area contributed by atoms with Crippen LogP contribution in [0.25, 0.3) is 0 Å². The summed E-state index contributed by atoms with van der Waals surface area (Å²) < 4.78 is 0. The van der Waals surface area contributed by atoms with Crippen molar-refractivity contribution in [2.75, 3.05) is 6.61 Å². The summed E-state index contributed by atoms with van der Waals surface area (Å²) in [6.45, 7) is 7.82. The van der Waals surface area contributed by atoms with Gasteiger partial charge in [0, 0.05) is 4.83 Å². The molecule has 1 N–H and O–H groups in total. The third-order valence-corrected chi connectivity index (χ3v) is 9.87. The zero-order valence-corrected chi connectivity index (χ0v) is 16.0. The number of hydrogen-bond acceptors (Lipinski definition) is 1. The summed E-state index contributed by atoms with van der Waals surface area (Å²) in [5, 5.41) is 9.59. The van der Waals surface area contributed by atoms with E-state index in [1.54, 1.807) is 5.57 Å². The van der Waals surface area contributed by atoms with Gasteiger partial charge in [-0.15, -0.1) is 0 Å². The Hall–Kier alpha value is 0.180. The molecule has 2 unspecified atom stereocenters. The Balaban J connectivity index is 1.63. The van der Waals surface area contributed by atoms with E-state index < -0.39 is 0 Å². The molecule has 1 nitrogen and oxygen atoms in total. The van der Waals surface area contributed by atoms with Gasteiger partial charge in [0.1, 0.15) is 0 Å². The lowest BCUT2D eigenvalue weighted by molar-refractivity contribution is -0.0173. The van der Waals surface area contributed by atoms with Gasteiger partial charge in [-0.1, -0.05) is 48.4 Å². The van der Waals surface area contributed by atoms with Gasteiger partial charge in [0.05, 0.1) is 6.61 Å². The Morgan fingerprint density at radius 1 is 1.23 bits per heavy atom. The normalized spacial score (nSPS) is 54.6. The smallest absolute Gasteiger partial charge is 0.0561 e. The molecular weight excluding hydrogens is 336 g/mol. The molecule has 0 amide bonds. The van der Waals surface area contributed by atoms with Crippen LogP contribution in [-0.2, 0) is 0 Å². The molecule has 0 heterocycles. The Morgan fingerprint density at radius 3 is 2.73 bits per heavy atom. The fourth-order valence-corrected chi connectivity index (χ4v) is 7.15. The topological polar surface area (TPSA) is 20.2 Å². The molecule has 0 spiro atoms. The maximum Gasteiger partial charge on any atom is 0.0561 e. The van der Waals surface area contributed by atoms with Gasteiger partial charge in [-0.3, -0.25) is 0 Å². The zero-order valence-electron chi connectivity index (χ0n) is 14.4. The van der Waals surface area contributed by atoms with E-state index in [9.17, 15) is 5.11 Å². The van der Waals surface area contributed by atoms with Gasteiger partial charge in [-0.05, 0) is 78.9 Å². The van der Waals surface area contributed by atoms with Crippen molar-refractivity contribution >= 4 is 15.9 Å². The number of fused-ring (bicyclic) bond motifs is 5. The average Bonchev–Trinajstić information content (AvgIpc) is 3.17. The second-order valence-electron chi connectivity index (χ2n) is 9.59. The molecule has 0 bridgehead atoms. The Kier molecular flexibility index (Phi) is 3.46. The first-order chi connectivity index (χ1) is 10.3. The molecule has 7 atom stereocenters. The van der Waals surface area contributed by atoms with Gasteiger partial charge in [0.15, 0.2) is 0 Å². The van der Waals surface area contributed by atoms with E-state index in [2.05, 4.69) is 42.8 Å². The summed E-state index contributed by atoms with van der Waals surface area (Å²) in [4.78, 5) is 0.240. The maximum absolute atomic E-state index is 9.59. The molecule has 0 radical (unpaired) electrons. The van der Waals surface area contributed by atoms with Crippen LogP contribution in [0.15, 0.2) is 11.6 Å². The predicted octanol–water partition coefficient (Wildman–Crippen LogP) is 5.32. The van der Waals surface area contributed by atoms with E-state index in [-0.39, 0.29) is 16.8 Å². The third-order valence-electron chi connectivity index (χ3n) is 8.47. The average molecular weight is 367 g/mol. The standard InChI is InChI=1S/C20H31BrO/c1-18(17(21)12-22)8-7-15-13(10-18)4-5-16-19(15,2)9-6-14-11-20(14,16)3/h4,14-17,22H,5-12H2,1-3H3/t14-,15?,16+,17+,18+,19?,20+/m1/s1. The fraction of sp³-hybridized carbons (Fsp3) is 0.900. The van der Waals surface area contributed by atoms with Crippen molar-refractivity contribution in [3.63, 3.8) is 0 Å². The van der Waals surface area contributed by atoms with E-state index in [0.29, 0.717) is 10.8 Å². The van der Waals surface area contributed by atoms with Crippen LogP contribution in [0.4, 0.5) is 0 Å². The summed E-state index contributed by atoms with van der Waals surface area (Å²) in [7, 11) is 0. The number of hydrogen-bond donors (Lipinski definition) is 1. The molecule has 0 aromatic carbocycles. The highest BCUT2D eigenvalue weighted by Gasteiger charge is 2.65. The summed E-state index contributed by atoms with van der Waals surface area (Å²) in [6, 6.07) is 0. The summed E-state index contributed by atoms with van der Waals surface area (Å²) in [6.07, 6.45) is 12.1. The fourth-order valence-electron chi connectivity index (χ4n) is 6.76. The van der Waals surface area contributed by atoms with Crippen LogP contribution in [0.3, 0.4) is 0 Å². The van der Waals surface area contributed by atoms with Gasteiger partial charge in [0.2, 0.25) is 0 Å². The second kappa shape index (κ2) is 4.85. The largest absolute Gasteiger partial charge is 0.395 e. The summed E-state index contributed by atoms with van der Waals surface area (Å²) in [5.41, 5.74) is 3.18. The molecular formula is C20H31BrO. The van der Waals surface area contributed by atoms with Crippen molar-refractivity contribution in [2.24, 2.45) is 34.0 Å². The SMILES string of the molecule is CC12CC[C@@H]3C[C@]3(C)[C@H]1CC=C1C[C@@](C)([C@@H](Br)CO)CCC12. The second-order valence-corrected chi connectivity index (χ2v) is 10.7. The van der Waals surface area contributed by atoms with Gasteiger partial charge in [-0.2, -0.15) is 0 Å². The first kappa shape index (κ1) is 15.7. The highest BCUT2D eigenvalue weighted by Crippen LogP contribution is 2.73. The van der Waals surface area contributed by atoms with Gasteiger partial charge in [0.25, 0.3) is 0 Å². The van der Waals surface area contributed by atoms with Crippen LogP contribution in [0.2, 0.25) is 0 Å². The molecule has 0 aromatic rings. The van der Waals surface area contributed by atoms with Crippen LogP contribution < -0.4 is 0 Å². The molecule has 22 heavy (non-hydrogen) atoms. The molecule has 3 saturated carbocycles. The molecule has 124 valence electrons. The van der Waals surface area contributed by atoms with E-state index in [1.165, 1.54) is 44.9 Å². The van der Waals surface area contributed by atoms with Crippen molar-refractivity contribution in [1.29, 1.82) is 0 Å². The minimum Gasteiger partial charge on any atom is -0.395 e. The number of alkyl halides is 1. The minimum atomic E-state index is 0.237. The van der Waals surface area contributed by atoms with Crippen LogP contribution in [0, 0.1) is 34.0 Å². The van der Waals surface area contributed by atoms with Crippen LogP contribution in [0.5, 0.6) is 0 Å². The van der Waals surface area contributed by atoms with Crippen molar-refractivity contribution in [3.8, 4) is 0 Å². The Morgan fingerprint density at radius 2 is 2.00 bits per heavy atom. The predicted molar refractivity (Wildman–Crippen MR) is 95.0 cm³/mol. The number of halogens is 1. The molecule has 0 saturated heterocycles. The number of rotatable bonds is 2. The van der Waals surface area contributed by atoms with Crippen molar-refractivity contribution in [2.45, 2.75) is 70.5 Å². The van der Waals surface area contributed by atoms with Gasteiger partial charge in [-0.25, -0.2) is 0 Å². The molecule has 3 fully saturated rings. The molecule has 4 aliphatic carbocycles. The highest BCUT2D eigenvalue weighted by molar-refractivity contribution is 9.09. The lowest BCUT2D eigenvalue weighted by Gasteiger charge is -2.57. The number of allylic oxidation sites excluding steroid dienone is 2. The molecule has 4 rings (SSSR count). The van der Waals surface area contributed by atoms with Gasteiger partial charge < -0.3 is 5.11 Å². The molecule has 0 aromatic heterocycles. The van der Waals surface area contributed by atoms with E-state index in [4.69, 9.17) is 0 Å². The minimum absolute atomic E-state index is 0.237. The summed E-state index contributed by atoms with van der Waals surface area (Å²) in [5.74, 6) is 2.78. The lowest BCUT2D eigenvalue weighted by Crippen LogP contribution is -2.49. The zero-order chi connectivity index (χ0) is 15.8. The van der Waals surface area contributed by atoms with E-state index in [1.807, 2.05) is 0 Å². The van der Waals surface area contributed by atoms with Crippen LogP contribution >= 0.6 is 15.9 Å². The third kappa shape index (κ3) is 1.98. The number of aliphatic hydroxyl groups excluding tert-OH is 1. The molecule has 0 aliphatic heterocycles. The molecule has 2 heteroatoms. The van der Waals surface area contributed by atoms with Gasteiger partial charge >= 0.3 is 0 Å².